The first-order valence-electron chi connectivity index (χ1n) is 10.7. The average molecular weight is 396 g/mol. The van der Waals surface area contributed by atoms with Gasteiger partial charge in [-0.3, -0.25) is 9.69 Å². The van der Waals surface area contributed by atoms with Gasteiger partial charge in [-0.1, -0.05) is 12.1 Å². The first kappa shape index (κ1) is 18.7. The van der Waals surface area contributed by atoms with E-state index in [4.69, 9.17) is 9.15 Å². The van der Waals surface area contributed by atoms with E-state index in [-0.39, 0.29) is 5.91 Å². The second-order valence-corrected chi connectivity index (χ2v) is 8.81. The zero-order chi connectivity index (χ0) is 20.0. The first-order chi connectivity index (χ1) is 14.1. The van der Waals surface area contributed by atoms with Crippen molar-refractivity contribution >= 4 is 5.91 Å². The predicted octanol–water partition coefficient (Wildman–Crippen LogP) is 3.68. The fraction of sp³-hybridized carbons (Fsp3) is 0.565. The number of piperidine rings is 3. The van der Waals surface area contributed by atoms with E-state index in [9.17, 15) is 4.79 Å². The summed E-state index contributed by atoms with van der Waals surface area (Å²) in [5.74, 6) is 2.63. The van der Waals surface area contributed by atoms with E-state index in [1.54, 1.807) is 7.11 Å². The first-order valence-corrected chi connectivity index (χ1v) is 10.7. The Balaban J connectivity index is 1.35. The maximum absolute atomic E-state index is 13.0. The van der Waals surface area contributed by atoms with Crippen molar-refractivity contribution in [3.8, 4) is 5.75 Å². The maximum Gasteiger partial charge on any atom is 0.276 e. The van der Waals surface area contributed by atoms with Crippen LogP contribution in [0.3, 0.4) is 0 Å². The number of nitrogens with zero attached hydrogens (tertiary/aromatic N) is 3. The number of benzene rings is 1. The van der Waals surface area contributed by atoms with E-state index in [1.165, 1.54) is 37.6 Å². The van der Waals surface area contributed by atoms with Crippen LogP contribution < -0.4 is 4.74 Å². The van der Waals surface area contributed by atoms with Crippen molar-refractivity contribution in [3.63, 3.8) is 0 Å². The van der Waals surface area contributed by atoms with Crippen LogP contribution in [0.5, 0.6) is 5.75 Å². The number of aromatic nitrogens is 1. The molecule has 3 aliphatic heterocycles. The molecule has 0 spiro atoms. The molecule has 3 fully saturated rings. The second-order valence-electron chi connectivity index (χ2n) is 8.81. The highest BCUT2D eigenvalue weighted by Gasteiger charge is 2.46. The molecule has 0 unspecified atom stereocenters. The molecule has 1 aromatic carbocycles. The summed E-state index contributed by atoms with van der Waals surface area (Å²) in [7, 11) is 1.71. The predicted molar refractivity (Wildman–Crippen MR) is 109 cm³/mol. The molecule has 6 heteroatoms. The second kappa shape index (κ2) is 7.48. The molecule has 3 saturated heterocycles. The van der Waals surface area contributed by atoms with E-state index >= 15 is 0 Å². The van der Waals surface area contributed by atoms with Gasteiger partial charge in [-0.05, 0) is 62.1 Å². The molecule has 154 valence electrons. The Morgan fingerprint density at radius 2 is 2.00 bits per heavy atom. The van der Waals surface area contributed by atoms with E-state index in [1.807, 2.05) is 11.8 Å². The van der Waals surface area contributed by atoms with Crippen LogP contribution in [0.25, 0.3) is 0 Å². The van der Waals surface area contributed by atoms with Crippen molar-refractivity contribution in [2.24, 2.45) is 11.8 Å². The van der Waals surface area contributed by atoms with Crippen LogP contribution in [0.1, 0.15) is 53.5 Å². The summed E-state index contributed by atoms with van der Waals surface area (Å²) < 4.78 is 10.6. The highest BCUT2D eigenvalue weighted by Crippen LogP contribution is 2.44. The van der Waals surface area contributed by atoms with Gasteiger partial charge < -0.3 is 14.1 Å². The van der Waals surface area contributed by atoms with E-state index in [2.05, 4.69) is 34.1 Å². The van der Waals surface area contributed by atoms with Crippen molar-refractivity contribution in [2.75, 3.05) is 26.7 Å². The molecule has 6 nitrogen and oxygen atoms in total. The van der Waals surface area contributed by atoms with Gasteiger partial charge in [-0.25, -0.2) is 4.98 Å². The monoisotopic (exact) mass is 395 g/mol. The summed E-state index contributed by atoms with van der Waals surface area (Å²) in [4.78, 5) is 21.9. The fourth-order valence-electron chi connectivity index (χ4n) is 5.82. The Morgan fingerprint density at radius 3 is 2.72 bits per heavy atom. The van der Waals surface area contributed by atoms with Crippen LogP contribution in [-0.2, 0) is 0 Å². The summed E-state index contributed by atoms with van der Waals surface area (Å²) in [5, 5.41) is 0. The minimum atomic E-state index is 0.0295. The standard InChI is InChI=1S/C23H29N3O3/c1-15-22(24-14-29-15)23(27)25-11-16-10-18(13-25)21-5-3-4-20(26(21)12-16)17-6-8-19(28-2)9-7-17/h6-9,14,16,18,20-21H,3-5,10-13H2,1-2H3/t16-,18+,20+,21-/m0/s1. The molecule has 2 bridgehead atoms. The molecule has 1 amide bonds. The number of hydrogen-bond donors (Lipinski definition) is 0. The summed E-state index contributed by atoms with van der Waals surface area (Å²) >= 11 is 0. The number of carbonyl (C=O) groups is 1. The van der Waals surface area contributed by atoms with Gasteiger partial charge in [0.1, 0.15) is 11.5 Å². The fourth-order valence-corrected chi connectivity index (χ4v) is 5.82. The van der Waals surface area contributed by atoms with Gasteiger partial charge in [0.25, 0.3) is 5.91 Å². The van der Waals surface area contributed by atoms with Crippen LogP contribution in [0.2, 0.25) is 0 Å². The lowest BCUT2D eigenvalue weighted by molar-refractivity contribution is -0.0512. The van der Waals surface area contributed by atoms with Crippen LogP contribution in [0.15, 0.2) is 35.1 Å². The third-order valence-electron chi connectivity index (χ3n) is 7.12. The third-order valence-corrected chi connectivity index (χ3v) is 7.12. The zero-order valence-electron chi connectivity index (χ0n) is 17.2. The largest absolute Gasteiger partial charge is 0.497 e. The lowest BCUT2D eigenvalue weighted by Gasteiger charge is -2.55. The Hall–Kier alpha value is -2.34. The van der Waals surface area contributed by atoms with Crippen molar-refractivity contribution < 1.29 is 13.9 Å². The summed E-state index contributed by atoms with van der Waals surface area (Å²) in [6.45, 7) is 4.53. The number of carbonyl (C=O) groups excluding carboxylic acids is 1. The SMILES string of the molecule is COc1ccc([C@H]2CCC[C@H]3[C@@H]4C[C@@H](CN(C(=O)c5ncoc5C)C4)CN23)cc1. The average Bonchev–Trinajstić information content (AvgIpc) is 3.18. The quantitative estimate of drug-likeness (QED) is 0.793. The van der Waals surface area contributed by atoms with Crippen molar-refractivity contribution in [2.45, 2.75) is 44.7 Å². The molecule has 0 saturated carbocycles. The van der Waals surface area contributed by atoms with E-state index < -0.39 is 0 Å². The molecule has 29 heavy (non-hydrogen) atoms. The molecule has 0 N–H and O–H groups in total. The number of hydrogen-bond acceptors (Lipinski definition) is 5. The molecular weight excluding hydrogens is 366 g/mol. The van der Waals surface area contributed by atoms with Gasteiger partial charge in [0, 0.05) is 31.7 Å². The van der Waals surface area contributed by atoms with Gasteiger partial charge in [0.15, 0.2) is 12.1 Å². The molecule has 3 aliphatic rings. The lowest BCUT2D eigenvalue weighted by Crippen LogP contribution is -2.60. The Kier molecular flexibility index (Phi) is 4.82. The van der Waals surface area contributed by atoms with Crippen molar-refractivity contribution in [1.29, 1.82) is 0 Å². The van der Waals surface area contributed by atoms with Crippen LogP contribution in [0, 0.1) is 18.8 Å². The highest BCUT2D eigenvalue weighted by atomic mass is 16.5. The number of ether oxygens (including phenoxy) is 1. The normalized spacial score (nSPS) is 29.4. The van der Waals surface area contributed by atoms with Gasteiger partial charge in [-0.15, -0.1) is 0 Å². The van der Waals surface area contributed by atoms with Gasteiger partial charge in [-0.2, -0.15) is 0 Å². The Morgan fingerprint density at radius 1 is 1.17 bits per heavy atom. The smallest absolute Gasteiger partial charge is 0.276 e. The molecule has 2 aromatic rings. The van der Waals surface area contributed by atoms with Crippen molar-refractivity contribution in [1.82, 2.24) is 14.8 Å². The van der Waals surface area contributed by atoms with Crippen molar-refractivity contribution in [3.05, 3.63) is 47.7 Å². The van der Waals surface area contributed by atoms with Crippen LogP contribution >= 0.6 is 0 Å². The summed E-state index contributed by atoms with van der Waals surface area (Å²) in [5.41, 5.74) is 1.86. The molecule has 0 aliphatic carbocycles. The molecule has 0 radical (unpaired) electrons. The Bertz CT molecular complexity index is 878. The molecule has 4 atom stereocenters. The Labute approximate surface area is 171 Å². The van der Waals surface area contributed by atoms with Gasteiger partial charge >= 0.3 is 0 Å². The topological polar surface area (TPSA) is 58.8 Å². The highest BCUT2D eigenvalue weighted by molar-refractivity contribution is 5.93. The third kappa shape index (κ3) is 3.33. The lowest BCUT2D eigenvalue weighted by atomic mass is 9.74. The summed E-state index contributed by atoms with van der Waals surface area (Å²) in [6, 6.07) is 9.62. The molecule has 1 aromatic heterocycles. The number of rotatable bonds is 3. The number of fused-ring (bicyclic) bond motifs is 4. The molecule has 4 heterocycles. The molecular formula is C23H29N3O3. The maximum atomic E-state index is 13.0. The number of aryl methyl sites for hydroxylation is 1. The van der Waals surface area contributed by atoms with Gasteiger partial charge in [0.2, 0.25) is 0 Å². The number of methoxy groups -OCH3 is 1. The van der Waals surface area contributed by atoms with E-state index in [0.29, 0.717) is 35.4 Å². The van der Waals surface area contributed by atoms with Crippen LogP contribution in [-0.4, -0.2) is 53.5 Å². The number of likely N-dealkylation sites (tertiary alicyclic amines) is 1. The minimum absolute atomic E-state index is 0.0295. The number of oxazole rings is 1. The van der Waals surface area contributed by atoms with Gasteiger partial charge in [0.05, 0.1) is 7.11 Å². The number of amides is 1. The van der Waals surface area contributed by atoms with E-state index in [0.717, 1.165) is 25.4 Å². The summed E-state index contributed by atoms with van der Waals surface area (Å²) in [6.07, 6.45) is 6.29. The van der Waals surface area contributed by atoms with Crippen LogP contribution in [0.4, 0.5) is 0 Å². The minimum Gasteiger partial charge on any atom is -0.497 e. The zero-order valence-corrected chi connectivity index (χ0v) is 17.2. The molecule has 5 rings (SSSR count).